The summed E-state index contributed by atoms with van der Waals surface area (Å²) in [7, 11) is -10.1. The zero-order valence-electron chi connectivity index (χ0n) is 7.18. The summed E-state index contributed by atoms with van der Waals surface area (Å²) in [6.45, 7) is 0. The molecule has 0 aliphatic rings. The van der Waals surface area contributed by atoms with Crippen LogP contribution in [-0.4, -0.2) is 31.1 Å². The second-order valence-corrected chi connectivity index (χ2v) is 5.82. The molecule has 0 amide bonds. The summed E-state index contributed by atoms with van der Waals surface area (Å²) in [6, 6.07) is 0. The molecule has 8 N–H and O–H groups in total. The van der Waals surface area contributed by atoms with Crippen LogP contribution in [0.4, 0.5) is 0 Å². The SMILES string of the molecule is NC(N)=NC(P(=O)(O)O)P(=O)(O)O.[Na+]. The molecule has 0 saturated carbocycles. The van der Waals surface area contributed by atoms with E-state index in [1.54, 1.807) is 0 Å². The quantitative estimate of drug-likeness (QED) is 0.125. The van der Waals surface area contributed by atoms with Crippen molar-refractivity contribution in [1.29, 1.82) is 0 Å². The molecule has 0 rings (SSSR count). The van der Waals surface area contributed by atoms with Gasteiger partial charge in [-0.3, -0.25) is 9.13 Å². The van der Waals surface area contributed by atoms with Crippen LogP contribution in [0.2, 0.25) is 0 Å². The Labute approximate surface area is 101 Å². The summed E-state index contributed by atoms with van der Waals surface area (Å²) in [5.74, 6) is -0.809. The third-order valence-corrected chi connectivity index (χ3v) is 4.11. The van der Waals surface area contributed by atoms with Crippen molar-refractivity contribution in [3.8, 4) is 0 Å². The molecule has 14 heavy (non-hydrogen) atoms. The molecule has 0 aromatic rings. The van der Waals surface area contributed by atoms with Crippen molar-refractivity contribution >= 4 is 21.2 Å². The Bertz CT molecular complexity index is 280. The fourth-order valence-electron chi connectivity index (χ4n) is 0.480. The van der Waals surface area contributed by atoms with Crippen molar-refractivity contribution in [2.45, 2.75) is 5.52 Å². The van der Waals surface area contributed by atoms with Crippen LogP contribution in [0.3, 0.4) is 0 Å². The van der Waals surface area contributed by atoms with Crippen LogP contribution in [0.1, 0.15) is 0 Å². The minimum atomic E-state index is -5.06. The van der Waals surface area contributed by atoms with Gasteiger partial charge < -0.3 is 31.0 Å². The van der Waals surface area contributed by atoms with E-state index in [-0.39, 0.29) is 29.6 Å². The van der Waals surface area contributed by atoms with Crippen LogP contribution in [0.25, 0.3) is 0 Å². The summed E-state index contributed by atoms with van der Waals surface area (Å²) >= 11 is 0. The van der Waals surface area contributed by atoms with Crippen LogP contribution in [0.5, 0.6) is 0 Å². The average molecular weight is 256 g/mol. The molecule has 0 aromatic heterocycles. The van der Waals surface area contributed by atoms with E-state index in [4.69, 9.17) is 31.0 Å². The third-order valence-electron chi connectivity index (χ3n) is 0.866. The van der Waals surface area contributed by atoms with E-state index in [1.165, 1.54) is 0 Å². The van der Waals surface area contributed by atoms with E-state index in [1.807, 2.05) is 0 Å². The summed E-state index contributed by atoms with van der Waals surface area (Å²) in [5, 5.41) is 0. The molecule has 0 aromatic carbocycles. The van der Waals surface area contributed by atoms with E-state index in [2.05, 4.69) is 4.99 Å². The standard InChI is InChI=1S/C2H9N3O6P2.Na/c3-1(4)5-2(12(6,7)8)13(9,10)11;/h2H,(H4,3,4,5)(H2,6,7,8)(H2,9,10,11);/q;+1. The van der Waals surface area contributed by atoms with Crippen molar-refractivity contribution in [3.63, 3.8) is 0 Å². The second-order valence-electron chi connectivity index (χ2n) is 2.08. The van der Waals surface area contributed by atoms with E-state index in [9.17, 15) is 9.13 Å². The van der Waals surface area contributed by atoms with Crippen LogP contribution in [0.15, 0.2) is 4.99 Å². The number of hydrogen-bond acceptors (Lipinski definition) is 3. The Kier molecular flexibility index (Phi) is 6.79. The maximum atomic E-state index is 10.5. The Morgan fingerprint density at radius 2 is 1.36 bits per heavy atom. The smallest absolute Gasteiger partial charge is 0.370 e. The molecule has 9 nitrogen and oxygen atoms in total. The minimum absolute atomic E-state index is 0. The van der Waals surface area contributed by atoms with Gasteiger partial charge >= 0.3 is 44.7 Å². The van der Waals surface area contributed by atoms with Gasteiger partial charge in [-0.05, 0) is 0 Å². The number of hydrogen-bond donors (Lipinski definition) is 6. The van der Waals surface area contributed by atoms with Crippen molar-refractivity contribution in [3.05, 3.63) is 0 Å². The number of nitrogens with two attached hydrogens (primary N) is 2. The number of aliphatic imine (C=N–C) groups is 1. The van der Waals surface area contributed by atoms with Gasteiger partial charge in [-0.2, -0.15) is 0 Å². The first-order chi connectivity index (χ1) is 5.55. The van der Waals surface area contributed by atoms with Gasteiger partial charge in [0.25, 0.3) is 5.52 Å². The Hall–Kier alpha value is 0.570. The zero-order chi connectivity index (χ0) is 10.9. The third kappa shape index (κ3) is 6.13. The van der Waals surface area contributed by atoms with E-state index in [0.717, 1.165) is 0 Å². The van der Waals surface area contributed by atoms with Gasteiger partial charge in [-0.1, -0.05) is 0 Å². The summed E-state index contributed by atoms with van der Waals surface area (Å²) < 4.78 is 21.0. The summed E-state index contributed by atoms with van der Waals surface area (Å²) in [4.78, 5) is 36.6. The molecule has 0 saturated heterocycles. The molecular formula is C2H9N3NaO6P2+. The zero-order valence-corrected chi connectivity index (χ0v) is 11.0. The number of rotatable bonds is 3. The Morgan fingerprint density at radius 1 is 1.07 bits per heavy atom. The Balaban J connectivity index is 0. The average Bonchev–Trinajstić information content (AvgIpc) is 1.77. The molecule has 0 aliphatic carbocycles. The molecule has 0 radical (unpaired) electrons. The molecule has 0 unspecified atom stereocenters. The predicted octanol–water partition coefficient (Wildman–Crippen LogP) is -5.10. The molecule has 0 spiro atoms. The molecule has 0 aliphatic heterocycles. The Morgan fingerprint density at radius 3 is 1.43 bits per heavy atom. The van der Waals surface area contributed by atoms with Crippen molar-refractivity contribution in [1.82, 2.24) is 0 Å². The van der Waals surface area contributed by atoms with Crippen molar-refractivity contribution in [2.75, 3.05) is 0 Å². The number of nitrogens with zero attached hydrogens (tertiary/aromatic N) is 1. The largest absolute Gasteiger partial charge is 1.00 e. The molecule has 0 heterocycles. The van der Waals surface area contributed by atoms with Gasteiger partial charge in [0.05, 0.1) is 0 Å². The van der Waals surface area contributed by atoms with Gasteiger partial charge in [0, 0.05) is 0 Å². The number of guanidine groups is 1. The van der Waals surface area contributed by atoms with Crippen LogP contribution in [0, 0.1) is 0 Å². The fourth-order valence-corrected chi connectivity index (χ4v) is 2.61. The topological polar surface area (TPSA) is 179 Å². The maximum absolute atomic E-state index is 10.5. The van der Waals surface area contributed by atoms with Crippen LogP contribution in [-0.2, 0) is 9.13 Å². The molecule has 0 atom stereocenters. The molecule has 0 bridgehead atoms. The molecule has 12 heteroatoms. The maximum Gasteiger partial charge on any atom is 1.00 e. The predicted molar refractivity (Wildman–Crippen MR) is 43.7 cm³/mol. The van der Waals surface area contributed by atoms with E-state index < -0.39 is 26.7 Å². The first-order valence-corrected chi connectivity index (χ1v) is 6.10. The molecular weight excluding hydrogens is 247 g/mol. The minimum Gasteiger partial charge on any atom is -0.370 e. The van der Waals surface area contributed by atoms with Gasteiger partial charge in [0.2, 0.25) is 0 Å². The fraction of sp³-hybridized carbons (Fsp3) is 0.500. The van der Waals surface area contributed by atoms with Crippen molar-refractivity contribution in [2.24, 2.45) is 16.5 Å². The molecule has 78 valence electrons. The van der Waals surface area contributed by atoms with Crippen LogP contribution < -0.4 is 41.0 Å². The van der Waals surface area contributed by atoms with Gasteiger partial charge in [-0.15, -0.1) is 0 Å². The van der Waals surface area contributed by atoms with Gasteiger partial charge in [0.1, 0.15) is 0 Å². The first-order valence-electron chi connectivity index (χ1n) is 2.74. The van der Waals surface area contributed by atoms with Crippen molar-refractivity contribution < 1.29 is 58.3 Å². The summed E-state index contributed by atoms with van der Waals surface area (Å²) in [5.41, 5.74) is 6.93. The first kappa shape index (κ1) is 17.0. The monoisotopic (exact) mass is 256 g/mol. The van der Waals surface area contributed by atoms with Gasteiger partial charge in [0.15, 0.2) is 5.96 Å². The molecule has 0 fully saturated rings. The van der Waals surface area contributed by atoms with Gasteiger partial charge in [-0.25, -0.2) is 4.99 Å². The van der Waals surface area contributed by atoms with E-state index in [0.29, 0.717) is 0 Å². The normalized spacial score (nSPS) is 12.1. The van der Waals surface area contributed by atoms with E-state index >= 15 is 0 Å². The van der Waals surface area contributed by atoms with Crippen LogP contribution >= 0.6 is 15.2 Å². The summed E-state index contributed by atoms with van der Waals surface area (Å²) in [6.07, 6.45) is 0. The second kappa shape index (κ2) is 5.60.